The molecule has 3 aliphatic rings. The van der Waals surface area contributed by atoms with Gasteiger partial charge in [0.2, 0.25) is 0 Å². The fraction of sp³-hybridized carbons (Fsp3) is 0.955. The largest absolute Gasteiger partial charge is 0.385 e. The van der Waals surface area contributed by atoms with Crippen LogP contribution in [0.5, 0.6) is 0 Å². The summed E-state index contributed by atoms with van der Waals surface area (Å²) >= 11 is 0. The van der Waals surface area contributed by atoms with Gasteiger partial charge in [-0.05, 0) is 44.4 Å². The topological polar surface area (TPSA) is 58.1 Å². The van der Waals surface area contributed by atoms with Crippen molar-refractivity contribution < 1.29 is 9.47 Å². The van der Waals surface area contributed by atoms with Crippen molar-refractivity contribution in [3.63, 3.8) is 0 Å². The van der Waals surface area contributed by atoms with Crippen LogP contribution in [0.4, 0.5) is 0 Å². The molecule has 3 fully saturated rings. The normalized spacial score (nSPS) is 25.1. The molecule has 2 saturated carbocycles. The molecule has 0 aromatic carbocycles. The number of nitrogens with one attached hydrogen (secondary N) is 2. The molecule has 0 spiro atoms. The Kier molecular flexibility index (Phi) is 8.42. The molecule has 0 bridgehead atoms. The summed E-state index contributed by atoms with van der Waals surface area (Å²) in [5.74, 6) is 0.990. The van der Waals surface area contributed by atoms with Crippen molar-refractivity contribution in [2.24, 2.45) is 10.4 Å². The van der Waals surface area contributed by atoms with Gasteiger partial charge in [-0.2, -0.15) is 0 Å². The maximum atomic E-state index is 5.62. The standard InChI is InChI=1S/C22H42N4O2/c1-3-23-20(24-18-21(8-7-9-21)12-15-27-2)25-19-22(10-5-4-6-11-22)26-13-16-28-17-14-26/h3-19H2,1-2H3,(H2,23,24,25). The van der Waals surface area contributed by atoms with Crippen molar-refractivity contribution in [2.45, 2.75) is 70.3 Å². The third-order valence-corrected chi connectivity index (χ3v) is 7.22. The van der Waals surface area contributed by atoms with Crippen molar-refractivity contribution >= 4 is 5.96 Å². The third kappa shape index (κ3) is 5.61. The zero-order valence-corrected chi connectivity index (χ0v) is 18.2. The summed E-state index contributed by atoms with van der Waals surface area (Å²) in [6.07, 6.45) is 11.7. The first-order valence-electron chi connectivity index (χ1n) is 11.6. The van der Waals surface area contributed by atoms with Gasteiger partial charge < -0.3 is 20.1 Å². The van der Waals surface area contributed by atoms with Crippen molar-refractivity contribution in [1.29, 1.82) is 0 Å². The Morgan fingerprint density at radius 3 is 2.39 bits per heavy atom. The minimum absolute atomic E-state index is 0.266. The van der Waals surface area contributed by atoms with E-state index in [1.54, 1.807) is 7.11 Å². The molecule has 0 atom stereocenters. The van der Waals surface area contributed by atoms with Crippen LogP contribution in [0.1, 0.15) is 64.7 Å². The SMILES string of the molecule is CCNC(=NCC1(CCOC)CCC1)NCC1(N2CCOCC2)CCCCC1. The number of aliphatic imine (C=N–C) groups is 1. The Morgan fingerprint density at radius 1 is 1.04 bits per heavy atom. The van der Waals surface area contributed by atoms with Crippen molar-refractivity contribution in [3.8, 4) is 0 Å². The van der Waals surface area contributed by atoms with E-state index < -0.39 is 0 Å². The van der Waals surface area contributed by atoms with Gasteiger partial charge in [0, 0.05) is 52.0 Å². The first-order valence-corrected chi connectivity index (χ1v) is 11.6. The molecule has 3 rings (SSSR count). The van der Waals surface area contributed by atoms with Crippen LogP contribution in [-0.4, -0.2) is 76.1 Å². The molecule has 0 unspecified atom stereocenters. The predicted octanol–water partition coefficient (Wildman–Crippen LogP) is 2.78. The molecule has 2 N–H and O–H groups in total. The van der Waals surface area contributed by atoms with Crippen LogP contribution in [-0.2, 0) is 9.47 Å². The highest BCUT2D eigenvalue weighted by Gasteiger charge is 2.39. The molecule has 2 aliphatic carbocycles. The average Bonchev–Trinajstić information content (AvgIpc) is 2.72. The lowest BCUT2D eigenvalue weighted by Gasteiger charge is -2.48. The number of morpholine rings is 1. The van der Waals surface area contributed by atoms with Crippen LogP contribution in [0.15, 0.2) is 4.99 Å². The maximum absolute atomic E-state index is 5.62. The van der Waals surface area contributed by atoms with Gasteiger partial charge in [0.05, 0.1) is 13.2 Å². The number of nitrogens with zero attached hydrogens (tertiary/aromatic N) is 2. The van der Waals surface area contributed by atoms with E-state index in [1.807, 2.05) is 0 Å². The molecule has 0 aromatic rings. The summed E-state index contributed by atoms with van der Waals surface area (Å²) in [4.78, 5) is 7.71. The first-order chi connectivity index (χ1) is 13.7. The van der Waals surface area contributed by atoms with E-state index in [2.05, 4.69) is 22.5 Å². The summed E-state index contributed by atoms with van der Waals surface area (Å²) in [7, 11) is 1.80. The van der Waals surface area contributed by atoms with Gasteiger partial charge in [0.15, 0.2) is 5.96 Å². The van der Waals surface area contributed by atoms with E-state index in [0.29, 0.717) is 5.41 Å². The van der Waals surface area contributed by atoms with Crippen LogP contribution in [0.2, 0.25) is 0 Å². The van der Waals surface area contributed by atoms with E-state index >= 15 is 0 Å². The molecule has 6 heteroatoms. The van der Waals surface area contributed by atoms with Gasteiger partial charge >= 0.3 is 0 Å². The van der Waals surface area contributed by atoms with E-state index in [-0.39, 0.29) is 5.54 Å². The summed E-state index contributed by atoms with van der Waals surface area (Å²) in [6.45, 7) is 9.68. The van der Waals surface area contributed by atoms with Gasteiger partial charge in [-0.15, -0.1) is 0 Å². The highest BCUT2D eigenvalue weighted by molar-refractivity contribution is 5.79. The lowest BCUT2D eigenvalue weighted by Crippen LogP contribution is -2.60. The van der Waals surface area contributed by atoms with Gasteiger partial charge in [-0.1, -0.05) is 25.7 Å². The monoisotopic (exact) mass is 394 g/mol. The number of guanidine groups is 1. The summed E-state index contributed by atoms with van der Waals surface area (Å²) < 4.78 is 11.0. The van der Waals surface area contributed by atoms with Gasteiger partial charge in [0.1, 0.15) is 0 Å². The minimum atomic E-state index is 0.266. The van der Waals surface area contributed by atoms with Crippen molar-refractivity contribution in [1.82, 2.24) is 15.5 Å². The van der Waals surface area contributed by atoms with E-state index in [4.69, 9.17) is 14.5 Å². The number of rotatable bonds is 9. The molecule has 6 nitrogen and oxygen atoms in total. The molecule has 1 aliphatic heterocycles. The Balaban J connectivity index is 1.61. The average molecular weight is 395 g/mol. The fourth-order valence-corrected chi connectivity index (χ4v) is 5.17. The first kappa shape index (κ1) is 21.8. The van der Waals surface area contributed by atoms with Crippen LogP contribution < -0.4 is 10.6 Å². The Morgan fingerprint density at radius 2 is 1.79 bits per heavy atom. The zero-order chi connectivity index (χ0) is 19.7. The predicted molar refractivity (Wildman–Crippen MR) is 115 cm³/mol. The van der Waals surface area contributed by atoms with E-state index in [0.717, 1.165) is 64.9 Å². The molecule has 0 radical (unpaired) electrons. The Hall–Kier alpha value is -0.850. The lowest BCUT2D eigenvalue weighted by molar-refractivity contribution is -0.0352. The number of ether oxygens (including phenoxy) is 2. The number of methoxy groups -OCH3 is 1. The number of hydrogen-bond donors (Lipinski definition) is 2. The summed E-state index contributed by atoms with van der Waals surface area (Å²) in [5, 5.41) is 7.21. The van der Waals surface area contributed by atoms with Gasteiger partial charge in [0.25, 0.3) is 0 Å². The van der Waals surface area contributed by atoms with Crippen LogP contribution >= 0.6 is 0 Å². The smallest absolute Gasteiger partial charge is 0.191 e. The van der Waals surface area contributed by atoms with Crippen LogP contribution in [0.3, 0.4) is 0 Å². The molecule has 1 saturated heterocycles. The van der Waals surface area contributed by atoms with Gasteiger partial charge in [-0.25, -0.2) is 0 Å². The molecule has 1 heterocycles. The van der Waals surface area contributed by atoms with Crippen LogP contribution in [0, 0.1) is 5.41 Å². The third-order valence-electron chi connectivity index (χ3n) is 7.22. The van der Waals surface area contributed by atoms with Crippen molar-refractivity contribution in [2.75, 3.05) is 59.7 Å². The molecule has 0 aromatic heterocycles. The highest BCUT2D eigenvalue weighted by Crippen LogP contribution is 2.44. The fourth-order valence-electron chi connectivity index (χ4n) is 5.17. The van der Waals surface area contributed by atoms with E-state index in [9.17, 15) is 0 Å². The van der Waals surface area contributed by atoms with E-state index in [1.165, 1.54) is 51.4 Å². The molecule has 28 heavy (non-hydrogen) atoms. The zero-order valence-electron chi connectivity index (χ0n) is 18.2. The quantitative estimate of drug-likeness (QED) is 0.465. The second-order valence-electron chi connectivity index (χ2n) is 9.03. The lowest BCUT2D eigenvalue weighted by atomic mass is 9.67. The molecular formula is C22H42N4O2. The number of hydrogen-bond acceptors (Lipinski definition) is 4. The van der Waals surface area contributed by atoms with Gasteiger partial charge in [-0.3, -0.25) is 9.89 Å². The molecule has 0 amide bonds. The maximum Gasteiger partial charge on any atom is 0.191 e. The summed E-state index contributed by atoms with van der Waals surface area (Å²) in [6, 6.07) is 0. The van der Waals surface area contributed by atoms with Crippen LogP contribution in [0.25, 0.3) is 0 Å². The Labute approximate surface area is 171 Å². The van der Waals surface area contributed by atoms with Crippen molar-refractivity contribution in [3.05, 3.63) is 0 Å². The second-order valence-corrected chi connectivity index (χ2v) is 9.03. The molecular weight excluding hydrogens is 352 g/mol. The summed E-state index contributed by atoms with van der Waals surface area (Å²) in [5.41, 5.74) is 0.632. The minimum Gasteiger partial charge on any atom is -0.385 e. The second kappa shape index (κ2) is 10.8. The Bertz CT molecular complexity index is 481. The molecule has 162 valence electrons. The highest BCUT2D eigenvalue weighted by atomic mass is 16.5.